The number of benzene rings is 2. The quantitative estimate of drug-likeness (QED) is 0.855. The van der Waals surface area contributed by atoms with Crippen molar-refractivity contribution in [2.45, 2.75) is 25.8 Å². The standard InChI is InChI=1S/C21H23N3O3/c1-15(21(27)24-13-7-8-14-24)22-20(26)17-11-5-6-12-18(17)23-19(25)16-9-3-2-4-10-16/h2-6,9-12,15H,7-8,13-14H2,1H3,(H,22,26)(H,23,25)/t15-/m1/s1. The van der Waals surface area contributed by atoms with Gasteiger partial charge in [0.1, 0.15) is 6.04 Å². The van der Waals surface area contributed by atoms with Gasteiger partial charge in [-0.25, -0.2) is 0 Å². The van der Waals surface area contributed by atoms with Gasteiger partial charge in [-0.1, -0.05) is 30.3 Å². The molecule has 0 aromatic heterocycles. The van der Waals surface area contributed by atoms with E-state index in [2.05, 4.69) is 10.6 Å². The normalized spacial score (nSPS) is 14.5. The van der Waals surface area contributed by atoms with Crippen LogP contribution in [0.1, 0.15) is 40.5 Å². The van der Waals surface area contributed by atoms with Gasteiger partial charge in [0, 0.05) is 18.7 Å². The highest BCUT2D eigenvalue weighted by atomic mass is 16.2. The largest absolute Gasteiger partial charge is 0.341 e. The van der Waals surface area contributed by atoms with Gasteiger partial charge in [0.15, 0.2) is 0 Å². The molecule has 3 rings (SSSR count). The lowest BCUT2D eigenvalue weighted by Crippen LogP contribution is -2.46. The van der Waals surface area contributed by atoms with E-state index in [4.69, 9.17) is 0 Å². The third-order valence-electron chi connectivity index (χ3n) is 4.59. The molecule has 3 amide bonds. The van der Waals surface area contributed by atoms with Crippen LogP contribution in [0.4, 0.5) is 5.69 Å². The molecule has 0 radical (unpaired) electrons. The molecule has 0 unspecified atom stereocenters. The zero-order chi connectivity index (χ0) is 19.2. The fourth-order valence-corrected chi connectivity index (χ4v) is 3.12. The van der Waals surface area contributed by atoms with Gasteiger partial charge in [0.25, 0.3) is 11.8 Å². The Hall–Kier alpha value is -3.15. The molecule has 1 fully saturated rings. The smallest absolute Gasteiger partial charge is 0.255 e. The summed E-state index contributed by atoms with van der Waals surface area (Å²) < 4.78 is 0. The predicted octanol–water partition coefficient (Wildman–Crippen LogP) is 2.68. The number of amides is 3. The fraction of sp³-hybridized carbons (Fsp3) is 0.286. The Morgan fingerprint density at radius 1 is 0.889 bits per heavy atom. The predicted molar refractivity (Wildman–Crippen MR) is 104 cm³/mol. The van der Waals surface area contributed by atoms with Crippen LogP contribution in [-0.4, -0.2) is 41.8 Å². The van der Waals surface area contributed by atoms with E-state index in [0.717, 1.165) is 25.9 Å². The summed E-state index contributed by atoms with van der Waals surface area (Å²) >= 11 is 0. The number of nitrogens with zero attached hydrogens (tertiary/aromatic N) is 1. The number of hydrogen-bond acceptors (Lipinski definition) is 3. The zero-order valence-electron chi connectivity index (χ0n) is 15.3. The number of hydrogen-bond donors (Lipinski definition) is 2. The molecule has 0 bridgehead atoms. The number of carbonyl (C=O) groups is 3. The van der Waals surface area contributed by atoms with Gasteiger partial charge < -0.3 is 15.5 Å². The van der Waals surface area contributed by atoms with Gasteiger partial charge in [0.2, 0.25) is 5.91 Å². The van der Waals surface area contributed by atoms with E-state index in [1.807, 2.05) is 6.07 Å². The molecule has 1 heterocycles. The van der Waals surface area contributed by atoms with E-state index >= 15 is 0 Å². The van der Waals surface area contributed by atoms with Crippen LogP contribution in [0.2, 0.25) is 0 Å². The van der Waals surface area contributed by atoms with E-state index in [1.54, 1.807) is 60.4 Å². The van der Waals surface area contributed by atoms with Crippen LogP contribution in [0.25, 0.3) is 0 Å². The van der Waals surface area contributed by atoms with Crippen LogP contribution in [0.15, 0.2) is 54.6 Å². The summed E-state index contributed by atoms with van der Waals surface area (Å²) in [4.78, 5) is 39.2. The van der Waals surface area contributed by atoms with Crippen LogP contribution < -0.4 is 10.6 Å². The second kappa shape index (κ2) is 8.49. The van der Waals surface area contributed by atoms with Crippen molar-refractivity contribution in [3.05, 3.63) is 65.7 Å². The first-order valence-electron chi connectivity index (χ1n) is 9.11. The molecule has 6 heteroatoms. The summed E-state index contributed by atoms with van der Waals surface area (Å²) in [6.07, 6.45) is 2.00. The topological polar surface area (TPSA) is 78.5 Å². The van der Waals surface area contributed by atoms with Gasteiger partial charge >= 0.3 is 0 Å². The van der Waals surface area contributed by atoms with Crippen molar-refractivity contribution in [3.8, 4) is 0 Å². The summed E-state index contributed by atoms with van der Waals surface area (Å²) in [5.74, 6) is -0.761. The molecule has 0 aliphatic carbocycles. The van der Waals surface area contributed by atoms with Crippen molar-refractivity contribution < 1.29 is 14.4 Å². The van der Waals surface area contributed by atoms with E-state index in [9.17, 15) is 14.4 Å². The molecule has 0 spiro atoms. The molecule has 6 nitrogen and oxygen atoms in total. The Kier molecular flexibility index (Phi) is 5.86. The molecule has 2 N–H and O–H groups in total. The first-order chi connectivity index (χ1) is 13.1. The van der Waals surface area contributed by atoms with Gasteiger partial charge in [0.05, 0.1) is 11.3 Å². The molecule has 27 heavy (non-hydrogen) atoms. The second-order valence-electron chi connectivity index (χ2n) is 6.59. The number of rotatable bonds is 5. The first-order valence-corrected chi connectivity index (χ1v) is 9.11. The molecule has 1 saturated heterocycles. The molecule has 2 aromatic carbocycles. The lowest BCUT2D eigenvalue weighted by Gasteiger charge is -2.21. The van der Waals surface area contributed by atoms with Crippen LogP contribution in [0.3, 0.4) is 0 Å². The van der Waals surface area contributed by atoms with Gasteiger partial charge in [-0.05, 0) is 44.0 Å². The van der Waals surface area contributed by atoms with Crippen LogP contribution in [-0.2, 0) is 4.79 Å². The molecular formula is C21H23N3O3. The number of carbonyl (C=O) groups excluding carboxylic acids is 3. The van der Waals surface area contributed by atoms with Crippen molar-refractivity contribution in [2.75, 3.05) is 18.4 Å². The lowest BCUT2D eigenvalue weighted by molar-refractivity contribution is -0.131. The lowest BCUT2D eigenvalue weighted by atomic mass is 10.1. The summed E-state index contributed by atoms with van der Waals surface area (Å²) in [6, 6.07) is 14.9. The SMILES string of the molecule is C[C@@H](NC(=O)c1ccccc1NC(=O)c1ccccc1)C(=O)N1CCCC1. The summed E-state index contributed by atoms with van der Waals surface area (Å²) in [7, 11) is 0. The summed E-state index contributed by atoms with van der Waals surface area (Å²) in [5, 5.41) is 5.51. The first kappa shape index (κ1) is 18.6. The van der Waals surface area contributed by atoms with E-state index in [0.29, 0.717) is 16.8 Å². The molecular weight excluding hydrogens is 342 g/mol. The number of anilines is 1. The van der Waals surface area contributed by atoms with Crippen molar-refractivity contribution in [3.63, 3.8) is 0 Å². The van der Waals surface area contributed by atoms with Crippen LogP contribution in [0, 0.1) is 0 Å². The van der Waals surface area contributed by atoms with Gasteiger partial charge in [-0.3, -0.25) is 14.4 Å². The Bertz CT molecular complexity index is 830. The number of nitrogens with one attached hydrogen (secondary N) is 2. The third kappa shape index (κ3) is 4.53. The minimum absolute atomic E-state index is 0.0772. The maximum absolute atomic E-state index is 12.7. The Morgan fingerprint density at radius 3 is 2.22 bits per heavy atom. The van der Waals surface area contributed by atoms with Crippen molar-refractivity contribution >= 4 is 23.4 Å². The monoisotopic (exact) mass is 365 g/mol. The van der Waals surface area contributed by atoms with Crippen molar-refractivity contribution in [1.29, 1.82) is 0 Å². The molecule has 2 aromatic rings. The highest BCUT2D eigenvalue weighted by molar-refractivity contribution is 6.09. The maximum atomic E-state index is 12.7. The number of para-hydroxylation sites is 1. The Balaban J connectivity index is 1.70. The minimum Gasteiger partial charge on any atom is -0.341 e. The second-order valence-corrected chi connectivity index (χ2v) is 6.59. The fourth-order valence-electron chi connectivity index (χ4n) is 3.12. The van der Waals surface area contributed by atoms with E-state index < -0.39 is 6.04 Å². The molecule has 0 saturated carbocycles. The van der Waals surface area contributed by atoms with Crippen LogP contribution in [0.5, 0.6) is 0 Å². The highest BCUT2D eigenvalue weighted by Gasteiger charge is 2.25. The number of likely N-dealkylation sites (tertiary alicyclic amines) is 1. The average Bonchev–Trinajstić information content (AvgIpc) is 3.23. The summed E-state index contributed by atoms with van der Waals surface area (Å²) in [6.45, 7) is 3.16. The van der Waals surface area contributed by atoms with Gasteiger partial charge in [-0.15, -0.1) is 0 Å². The van der Waals surface area contributed by atoms with Crippen LogP contribution >= 0.6 is 0 Å². The third-order valence-corrected chi connectivity index (χ3v) is 4.59. The Morgan fingerprint density at radius 2 is 1.52 bits per heavy atom. The van der Waals surface area contributed by atoms with E-state index in [-0.39, 0.29) is 17.7 Å². The van der Waals surface area contributed by atoms with Gasteiger partial charge in [-0.2, -0.15) is 0 Å². The Labute approximate surface area is 158 Å². The summed E-state index contributed by atoms with van der Waals surface area (Å²) in [5.41, 5.74) is 1.23. The van der Waals surface area contributed by atoms with Crippen molar-refractivity contribution in [1.82, 2.24) is 10.2 Å². The maximum Gasteiger partial charge on any atom is 0.255 e. The molecule has 1 aliphatic heterocycles. The molecule has 1 aliphatic rings. The van der Waals surface area contributed by atoms with E-state index in [1.165, 1.54) is 0 Å². The average molecular weight is 365 g/mol. The highest BCUT2D eigenvalue weighted by Crippen LogP contribution is 2.17. The molecule has 1 atom stereocenters. The minimum atomic E-state index is -0.617. The van der Waals surface area contributed by atoms with Crippen molar-refractivity contribution in [2.24, 2.45) is 0 Å². The molecule has 140 valence electrons. The zero-order valence-corrected chi connectivity index (χ0v) is 15.3.